The molecule has 0 aromatic rings. The molecule has 0 saturated heterocycles. The van der Waals surface area contributed by atoms with E-state index >= 15 is 0 Å². The van der Waals surface area contributed by atoms with E-state index in [0.717, 1.165) is 6.42 Å². The first-order valence-electron chi connectivity index (χ1n) is 3.50. The zero-order valence-corrected chi connectivity index (χ0v) is 6.78. The largest absolute Gasteiger partial charge is 0.0626 e. The van der Waals surface area contributed by atoms with Crippen molar-refractivity contribution >= 4 is 14.0 Å². The Hall–Kier alpha value is -0.610. The lowest BCUT2D eigenvalue weighted by atomic mass is 10.1. The summed E-state index contributed by atoms with van der Waals surface area (Å²) in [5.41, 5.74) is 2.72. The minimum atomic E-state index is 1.16. The predicted octanol–water partition coefficient (Wildman–Crippen LogP) is 2.79. The predicted molar refractivity (Wildman–Crippen MR) is 46.5 cm³/mol. The molecule has 49 valence electrons. The molecule has 1 aliphatic carbocycles. The van der Waals surface area contributed by atoms with Crippen molar-refractivity contribution < 1.29 is 0 Å². The van der Waals surface area contributed by atoms with Gasteiger partial charge in [-0.1, -0.05) is 33.4 Å². The second-order valence-corrected chi connectivity index (χ2v) is 3.36. The molecule has 0 aromatic carbocycles. The fraction of sp³-hybridized carbons (Fsp3) is 0.222. The summed E-state index contributed by atoms with van der Waals surface area (Å²) in [4.78, 5) is 0. The van der Waals surface area contributed by atoms with Crippen LogP contribution in [0.5, 0.6) is 0 Å². The lowest BCUT2D eigenvalue weighted by Gasteiger charge is -1.94. The minimum absolute atomic E-state index is 1.16. The molecule has 0 N–H and O–H groups in total. The van der Waals surface area contributed by atoms with E-state index in [0.29, 0.717) is 0 Å². The smallest absolute Gasteiger partial charge is 0.0224 e. The topological polar surface area (TPSA) is 0 Å². The average Bonchev–Trinajstić information content (AvgIpc) is 2.44. The van der Waals surface area contributed by atoms with E-state index in [4.69, 9.17) is 0 Å². The maximum Gasteiger partial charge on any atom is 0.0224 e. The molecule has 0 atom stereocenters. The second kappa shape index (κ2) is 2.21. The zero-order chi connectivity index (χ0) is 6.97. The monoisotopic (exact) mass is 147 g/mol. The maximum absolute atomic E-state index is 3.32. The summed E-state index contributed by atoms with van der Waals surface area (Å²) in [5.74, 6) is 3.32. The third kappa shape index (κ3) is 0.726. The lowest BCUT2D eigenvalue weighted by molar-refractivity contribution is 1.19. The first-order chi connectivity index (χ1) is 4.92. The molecule has 0 bridgehead atoms. The van der Waals surface area contributed by atoms with Crippen molar-refractivity contribution in [3.8, 4) is 0 Å². The van der Waals surface area contributed by atoms with Gasteiger partial charge in [-0.3, -0.25) is 0 Å². The van der Waals surface area contributed by atoms with Crippen LogP contribution in [-0.2, 0) is 0 Å². The average molecular weight is 147 g/mol. The van der Waals surface area contributed by atoms with Crippen LogP contribution in [0, 0.1) is 0 Å². The van der Waals surface area contributed by atoms with Gasteiger partial charge in [0.25, 0.3) is 0 Å². The Kier molecular flexibility index (Phi) is 1.35. The van der Waals surface area contributed by atoms with Gasteiger partial charge in [-0.25, -0.2) is 0 Å². The van der Waals surface area contributed by atoms with Gasteiger partial charge >= 0.3 is 0 Å². The fourth-order valence-corrected chi connectivity index (χ4v) is 2.15. The first-order valence-corrected chi connectivity index (χ1v) is 4.40. The summed E-state index contributed by atoms with van der Waals surface area (Å²) in [6, 6.07) is 0. The van der Waals surface area contributed by atoms with Crippen molar-refractivity contribution in [2.45, 2.75) is 13.3 Å². The highest BCUT2D eigenvalue weighted by Crippen LogP contribution is 2.36. The van der Waals surface area contributed by atoms with Crippen molar-refractivity contribution in [1.29, 1.82) is 0 Å². The number of fused-ring (bicyclic) bond motifs is 1. The SMILES string of the molecule is CCC1=C2C=CC=C2[C]=P1. The molecule has 1 aliphatic heterocycles. The van der Waals surface area contributed by atoms with E-state index in [1.165, 1.54) is 24.7 Å². The van der Waals surface area contributed by atoms with Gasteiger partial charge in [-0.05, 0) is 22.9 Å². The summed E-state index contributed by atoms with van der Waals surface area (Å²) < 4.78 is 0. The molecule has 0 saturated carbocycles. The van der Waals surface area contributed by atoms with Crippen LogP contribution < -0.4 is 0 Å². The Labute approximate surface area is 62.8 Å². The third-order valence-electron chi connectivity index (χ3n) is 1.77. The van der Waals surface area contributed by atoms with Crippen molar-refractivity contribution in [1.82, 2.24) is 0 Å². The molecule has 2 aliphatic rings. The van der Waals surface area contributed by atoms with Gasteiger partial charge in [0.05, 0.1) is 0 Å². The highest BCUT2D eigenvalue weighted by Gasteiger charge is 2.13. The van der Waals surface area contributed by atoms with Crippen molar-refractivity contribution in [2.24, 2.45) is 0 Å². The normalized spacial score (nSPS) is 21.9. The third-order valence-corrected chi connectivity index (χ3v) is 2.95. The van der Waals surface area contributed by atoms with Crippen molar-refractivity contribution in [3.63, 3.8) is 0 Å². The molecule has 0 nitrogen and oxygen atoms in total. The van der Waals surface area contributed by atoms with Gasteiger partial charge in [-0.2, -0.15) is 0 Å². The molecule has 10 heavy (non-hydrogen) atoms. The summed E-state index contributed by atoms with van der Waals surface area (Å²) in [6.45, 7) is 2.20. The van der Waals surface area contributed by atoms with E-state index in [1.807, 2.05) is 0 Å². The first kappa shape index (κ1) is 6.12. The number of allylic oxidation sites excluding steroid dienone is 6. The highest BCUT2D eigenvalue weighted by atomic mass is 31.1. The molecule has 2 rings (SSSR count). The summed E-state index contributed by atoms with van der Waals surface area (Å²) >= 11 is 0. The zero-order valence-electron chi connectivity index (χ0n) is 5.89. The molecular weight excluding hydrogens is 139 g/mol. The van der Waals surface area contributed by atoms with Crippen molar-refractivity contribution in [3.05, 3.63) is 34.7 Å². The van der Waals surface area contributed by atoms with Crippen molar-refractivity contribution in [2.75, 3.05) is 0 Å². The van der Waals surface area contributed by atoms with Crippen LogP contribution in [-0.4, -0.2) is 5.80 Å². The van der Waals surface area contributed by atoms with Gasteiger partial charge in [-0.15, -0.1) is 0 Å². The summed E-state index contributed by atoms with van der Waals surface area (Å²) in [5, 5.41) is 1.51. The van der Waals surface area contributed by atoms with E-state index < -0.39 is 0 Å². The van der Waals surface area contributed by atoms with Crippen LogP contribution in [0.2, 0.25) is 0 Å². The second-order valence-electron chi connectivity index (χ2n) is 2.38. The Morgan fingerprint density at radius 3 is 3.30 bits per heavy atom. The van der Waals surface area contributed by atoms with Gasteiger partial charge in [0, 0.05) is 5.80 Å². The molecular formula is C9H8P. The molecule has 0 spiro atoms. The Balaban J connectivity index is 2.49. The fourth-order valence-electron chi connectivity index (χ4n) is 1.23. The molecule has 0 aromatic heterocycles. The highest BCUT2D eigenvalue weighted by molar-refractivity contribution is 7.44. The molecule has 1 heterocycles. The molecule has 0 amide bonds. The summed E-state index contributed by atoms with van der Waals surface area (Å²) in [7, 11) is 1.29. The summed E-state index contributed by atoms with van der Waals surface area (Å²) in [6.07, 6.45) is 7.57. The molecule has 0 fully saturated rings. The van der Waals surface area contributed by atoms with Crippen LogP contribution in [0.4, 0.5) is 0 Å². The Morgan fingerprint density at radius 2 is 2.50 bits per heavy atom. The van der Waals surface area contributed by atoms with Gasteiger partial charge in [0.15, 0.2) is 0 Å². The number of rotatable bonds is 1. The van der Waals surface area contributed by atoms with Crippen LogP contribution in [0.1, 0.15) is 13.3 Å². The minimum Gasteiger partial charge on any atom is -0.0626 e. The Bertz CT molecular complexity index is 277. The number of hydrogen-bond acceptors (Lipinski definition) is 0. The molecule has 0 unspecified atom stereocenters. The standard InChI is InChI=1S/C9H8P/c1-2-9-8-5-3-4-7(8)6-10-9/h3-5H,2H2,1H3. The van der Waals surface area contributed by atoms with Gasteiger partial charge in [0.2, 0.25) is 0 Å². The van der Waals surface area contributed by atoms with Crippen LogP contribution in [0.15, 0.2) is 34.7 Å². The van der Waals surface area contributed by atoms with E-state index in [9.17, 15) is 0 Å². The van der Waals surface area contributed by atoms with E-state index in [2.05, 4.69) is 30.9 Å². The van der Waals surface area contributed by atoms with E-state index in [1.54, 1.807) is 0 Å². The Morgan fingerprint density at radius 1 is 1.60 bits per heavy atom. The van der Waals surface area contributed by atoms with Gasteiger partial charge in [0.1, 0.15) is 0 Å². The van der Waals surface area contributed by atoms with Gasteiger partial charge < -0.3 is 0 Å². The van der Waals surface area contributed by atoms with Crippen LogP contribution >= 0.6 is 8.20 Å². The maximum atomic E-state index is 3.32. The number of hydrogen-bond donors (Lipinski definition) is 0. The van der Waals surface area contributed by atoms with E-state index in [-0.39, 0.29) is 0 Å². The quantitative estimate of drug-likeness (QED) is 0.500. The lowest BCUT2D eigenvalue weighted by Crippen LogP contribution is -1.78. The molecule has 1 radical (unpaired) electrons. The molecule has 1 heteroatoms. The van der Waals surface area contributed by atoms with Crippen LogP contribution in [0.25, 0.3) is 0 Å². The van der Waals surface area contributed by atoms with Crippen LogP contribution in [0.3, 0.4) is 0 Å².